The molecule has 2 saturated carbocycles. The Bertz CT molecular complexity index is 790. The van der Waals surface area contributed by atoms with Crippen LogP contribution in [0.1, 0.15) is 31.2 Å². The van der Waals surface area contributed by atoms with Gasteiger partial charge in [0.2, 0.25) is 10.0 Å². The number of ether oxygens (including phenoxy) is 1. The summed E-state index contributed by atoms with van der Waals surface area (Å²) < 4.78 is 33.5. The highest BCUT2D eigenvalue weighted by atomic mass is 32.2. The third-order valence-electron chi connectivity index (χ3n) is 5.62. The third kappa shape index (κ3) is 2.80. The van der Waals surface area contributed by atoms with Crippen molar-refractivity contribution in [2.75, 3.05) is 18.5 Å². The number of aryl methyl sites for hydroxylation is 1. The van der Waals surface area contributed by atoms with Crippen LogP contribution in [0, 0.1) is 24.7 Å². The first kappa shape index (κ1) is 15.9. The average Bonchev–Trinajstić information content (AvgIpc) is 3.15. The second kappa shape index (κ2) is 5.74. The predicted molar refractivity (Wildman–Crippen MR) is 89.4 cm³/mol. The van der Waals surface area contributed by atoms with E-state index in [1.54, 1.807) is 13.0 Å². The SMILES string of the molecule is Cc1cc2c(cc1S(=O)(=O)NC[C@@H]1C[C@H]3CC[C@@H]1C3)NC(=O)CO2. The summed E-state index contributed by atoms with van der Waals surface area (Å²) in [7, 11) is -3.60. The molecule has 0 saturated heterocycles. The zero-order chi connectivity index (χ0) is 16.9. The van der Waals surface area contributed by atoms with Crippen LogP contribution < -0.4 is 14.8 Å². The molecular weight excluding hydrogens is 328 g/mol. The Kier molecular flexibility index (Phi) is 3.80. The second-order valence-corrected chi connectivity index (χ2v) is 8.97. The van der Waals surface area contributed by atoms with Gasteiger partial charge in [-0.2, -0.15) is 0 Å². The summed E-state index contributed by atoms with van der Waals surface area (Å²) in [5, 5.41) is 2.66. The number of sulfonamides is 1. The first-order chi connectivity index (χ1) is 11.4. The number of amides is 1. The van der Waals surface area contributed by atoms with E-state index in [0.29, 0.717) is 35.4 Å². The molecule has 7 heteroatoms. The zero-order valence-corrected chi connectivity index (χ0v) is 14.5. The van der Waals surface area contributed by atoms with E-state index < -0.39 is 10.0 Å². The lowest BCUT2D eigenvalue weighted by atomic mass is 9.89. The van der Waals surface area contributed by atoms with Gasteiger partial charge in [-0.15, -0.1) is 0 Å². The highest BCUT2D eigenvalue weighted by Gasteiger charge is 2.39. The summed E-state index contributed by atoms with van der Waals surface area (Å²) in [6, 6.07) is 3.16. The Labute approximate surface area is 142 Å². The molecule has 4 rings (SSSR count). The Balaban J connectivity index is 1.53. The maximum absolute atomic E-state index is 12.7. The van der Waals surface area contributed by atoms with Gasteiger partial charge in [-0.25, -0.2) is 13.1 Å². The van der Waals surface area contributed by atoms with E-state index in [0.717, 1.165) is 12.3 Å². The molecule has 1 aromatic rings. The van der Waals surface area contributed by atoms with Crippen molar-refractivity contribution in [3.05, 3.63) is 17.7 Å². The molecule has 0 aromatic heterocycles. The van der Waals surface area contributed by atoms with Crippen LogP contribution in [0.2, 0.25) is 0 Å². The lowest BCUT2D eigenvalue weighted by molar-refractivity contribution is -0.118. The van der Waals surface area contributed by atoms with Crippen LogP contribution in [0.5, 0.6) is 5.75 Å². The van der Waals surface area contributed by atoms with Crippen molar-refractivity contribution in [2.45, 2.75) is 37.5 Å². The fourth-order valence-electron chi connectivity index (χ4n) is 4.42. The van der Waals surface area contributed by atoms with Crippen molar-refractivity contribution in [1.82, 2.24) is 4.72 Å². The molecule has 24 heavy (non-hydrogen) atoms. The minimum Gasteiger partial charge on any atom is -0.482 e. The first-order valence-corrected chi connectivity index (χ1v) is 9.97. The summed E-state index contributed by atoms with van der Waals surface area (Å²) >= 11 is 0. The smallest absolute Gasteiger partial charge is 0.262 e. The van der Waals surface area contributed by atoms with Gasteiger partial charge in [0.05, 0.1) is 10.6 Å². The van der Waals surface area contributed by atoms with Crippen LogP contribution in [0.3, 0.4) is 0 Å². The van der Waals surface area contributed by atoms with Crippen LogP contribution in [0.4, 0.5) is 5.69 Å². The number of carbonyl (C=O) groups excluding carboxylic acids is 1. The monoisotopic (exact) mass is 350 g/mol. The molecule has 0 unspecified atom stereocenters. The van der Waals surface area contributed by atoms with E-state index in [9.17, 15) is 13.2 Å². The molecule has 0 radical (unpaired) electrons. The van der Waals surface area contributed by atoms with E-state index >= 15 is 0 Å². The number of carbonyl (C=O) groups is 1. The van der Waals surface area contributed by atoms with Crippen molar-refractivity contribution >= 4 is 21.6 Å². The van der Waals surface area contributed by atoms with Crippen LogP contribution in [-0.2, 0) is 14.8 Å². The Hall–Kier alpha value is -1.60. The van der Waals surface area contributed by atoms with Gasteiger partial charge in [0.1, 0.15) is 5.75 Å². The summed E-state index contributed by atoms with van der Waals surface area (Å²) in [5.41, 5.74) is 1.03. The molecule has 2 bridgehead atoms. The molecule has 1 heterocycles. The van der Waals surface area contributed by atoms with Gasteiger partial charge >= 0.3 is 0 Å². The van der Waals surface area contributed by atoms with Crippen molar-refractivity contribution in [2.24, 2.45) is 17.8 Å². The molecule has 3 aliphatic rings. The number of hydrogen-bond donors (Lipinski definition) is 2. The molecule has 2 fully saturated rings. The Morgan fingerprint density at radius 1 is 1.29 bits per heavy atom. The van der Waals surface area contributed by atoms with E-state index in [4.69, 9.17) is 4.74 Å². The zero-order valence-electron chi connectivity index (χ0n) is 13.7. The van der Waals surface area contributed by atoms with Gasteiger partial charge < -0.3 is 10.1 Å². The largest absolute Gasteiger partial charge is 0.482 e. The summed E-state index contributed by atoms with van der Waals surface area (Å²) in [6.45, 7) is 2.20. The average molecular weight is 350 g/mol. The lowest BCUT2D eigenvalue weighted by Gasteiger charge is -2.23. The predicted octanol–water partition coefficient (Wildman–Crippen LogP) is 2.04. The molecule has 1 aromatic carbocycles. The molecule has 0 spiro atoms. The highest BCUT2D eigenvalue weighted by Crippen LogP contribution is 2.48. The minimum atomic E-state index is -3.60. The van der Waals surface area contributed by atoms with Crippen LogP contribution >= 0.6 is 0 Å². The highest BCUT2D eigenvalue weighted by molar-refractivity contribution is 7.89. The summed E-state index contributed by atoms with van der Waals surface area (Å²) in [6.07, 6.45) is 4.93. The van der Waals surface area contributed by atoms with E-state index in [2.05, 4.69) is 10.0 Å². The molecule has 130 valence electrons. The number of fused-ring (bicyclic) bond motifs is 3. The number of nitrogens with one attached hydrogen (secondary N) is 2. The number of rotatable bonds is 4. The Morgan fingerprint density at radius 2 is 2.12 bits per heavy atom. The maximum Gasteiger partial charge on any atom is 0.262 e. The van der Waals surface area contributed by atoms with Crippen LogP contribution in [0.25, 0.3) is 0 Å². The van der Waals surface area contributed by atoms with Crippen LogP contribution in [0.15, 0.2) is 17.0 Å². The molecule has 2 aliphatic carbocycles. The van der Waals surface area contributed by atoms with Gasteiger partial charge in [-0.1, -0.05) is 6.42 Å². The van der Waals surface area contributed by atoms with Crippen molar-refractivity contribution in [3.63, 3.8) is 0 Å². The van der Waals surface area contributed by atoms with Gasteiger partial charge in [-0.3, -0.25) is 4.79 Å². The van der Waals surface area contributed by atoms with Gasteiger partial charge in [0.15, 0.2) is 6.61 Å². The fraction of sp³-hybridized carbons (Fsp3) is 0.588. The standard InChI is InChI=1S/C17H22N2O4S/c1-10-4-15-14(19-17(20)9-23-15)7-16(10)24(21,22)18-8-13-6-11-2-3-12(13)5-11/h4,7,11-13,18H,2-3,5-6,8-9H2,1H3,(H,19,20)/t11-,12+,13-/m0/s1. The minimum absolute atomic E-state index is 0.0407. The summed E-state index contributed by atoms with van der Waals surface area (Å²) in [5.74, 6) is 2.17. The molecule has 1 amide bonds. The summed E-state index contributed by atoms with van der Waals surface area (Å²) in [4.78, 5) is 11.6. The quantitative estimate of drug-likeness (QED) is 0.870. The normalized spacial score (nSPS) is 28.4. The van der Waals surface area contributed by atoms with Gasteiger partial charge in [-0.05, 0) is 61.6 Å². The van der Waals surface area contributed by atoms with Crippen molar-refractivity contribution in [1.29, 1.82) is 0 Å². The molecular formula is C17H22N2O4S. The van der Waals surface area contributed by atoms with Gasteiger partial charge in [0.25, 0.3) is 5.91 Å². The second-order valence-electron chi connectivity index (χ2n) is 7.24. The first-order valence-electron chi connectivity index (χ1n) is 8.49. The Morgan fingerprint density at radius 3 is 2.83 bits per heavy atom. The molecule has 6 nitrogen and oxygen atoms in total. The molecule has 2 N–H and O–H groups in total. The number of anilines is 1. The third-order valence-corrected chi connectivity index (χ3v) is 7.19. The van der Waals surface area contributed by atoms with Crippen molar-refractivity contribution in [3.8, 4) is 5.75 Å². The molecule has 3 atom stereocenters. The molecule has 1 aliphatic heterocycles. The van der Waals surface area contributed by atoms with Gasteiger partial charge in [0, 0.05) is 6.54 Å². The number of hydrogen-bond acceptors (Lipinski definition) is 4. The van der Waals surface area contributed by atoms with E-state index in [1.807, 2.05) is 0 Å². The van der Waals surface area contributed by atoms with E-state index in [1.165, 1.54) is 25.3 Å². The van der Waals surface area contributed by atoms with Crippen LogP contribution in [-0.4, -0.2) is 27.5 Å². The topological polar surface area (TPSA) is 84.5 Å². The van der Waals surface area contributed by atoms with Crippen molar-refractivity contribution < 1.29 is 17.9 Å². The number of benzene rings is 1. The lowest BCUT2D eigenvalue weighted by Crippen LogP contribution is -2.32. The van der Waals surface area contributed by atoms with E-state index in [-0.39, 0.29) is 17.4 Å². The maximum atomic E-state index is 12.7. The fourth-order valence-corrected chi connectivity index (χ4v) is 5.76.